The third kappa shape index (κ3) is 6.18. The Morgan fingerprint density at radius 3 is 2.53 bits per heavy atom. The van der Waals surface area contributed by atoms with Crippen molar-refractivity contribution in [3.8, 4) is 17.0 Å². The summed E-state index contributed by atoms with van der Waals surface area (Å²) in [6, 6.07) is 16.6. The van der Waals surface area contributed by atoms with Crippen LogP contribution in [0.15, 0.2) is 70.4 Å². The number of aromatic nitrogens is 2. The maximum absolute atomic E-state index is 12.9. The number of hydrogen-bond acceptors (Lipinski definition) is 5. The highest BCUT2D eigenvalue weighted by atomic mass is 32.2. The molecule has 0 aliphatic heterocycles. The number of halogens is 1. The molecule has 0 aliphatic rings. The second-order valence-corrected chi connectivity index (χ2v) is 7.38. The van der Waals surface area contributed by atoms with Gasteiger partial charge in [0.2, 0.25) is 5.91 Å². The first-order valence-corrected chi connectivity index (χ1v) is 10.5. The first kappa shape index (κ1) is 21.6. The van der Waals surface area contributed by atoms with Crippen LogP contribution >= 0.6 is 11.8 Å². The molecule has 0 saturated heterocycles. The van der Waals surface area contributed by atoms with Gasteiger partial charge in [0.25, 0.3) is 5.56 Å². The Morgan fingerprint density at radius 1 is 1.10 bits per heavy atom. The van der Waals surface area contributed by atoms with Gasteiger partial charge in [-0.05, 0) is 61.5 Å². The first-order valence-electron chi connectivity index (χ1n) is 9.51. The molecule has 0 radical (unpaired) electrons. The molecule has 0 unspecified atom stereocenters. The normalized spacial score (nSPS) is 10.6. The van der Waals surface area contributed by atoms with Gasteiger partial charge in [0, 0.05) is 23.1 Å². The molecule has 1 N–H and O–H groups in total. The predicted octanol–water partition coefficient (Wildman–Crippen LogP) is 3.36. The fourth-order valence-corrected chi connectivity index (χ4v) is 3.41. The van der Waals surface area contributed by atoms with Gasteiger partial charge in [0.15, 0.2) is 0 Å². The zero-order chi connectivity index (χ0) is 21.3. The molecule has 1 aromatic heterocycles. The van der Waals surface area contributed by atoms with Crippen molar-refractivity contribution in [1.29, 1.82) is 0 Å². The van der Waals surface area contributed by atoms with E-state index in [0.717, 1.165) is 16.2 Å². The van der Waals surface area contributed by atoms with Crippen molar-refractivity contribution in [2.75, 3.05) is 18.9 Å². The number of carbonyl (C=O) groups excluding carboxylic acids is 1. The number of carbonyl (C=O) groups is 1. The van der Waals surface area contributed by atoms with Crippen LogP contribution in [0.1, 0.15) is 6.92 Å². The number of amides is 1. The summed E-state index contributed by atoms with van der Waals surface area (Å²) in [5.74, 6) is 0.505. The van der Waals surface area contributed by atoms with Gasteiger partial charge in [0.05, 0.1) is 24.6 Å². The molecule has 6 nitrogen and oxygen atoms in total. The summed E-state index contributed by atoms with van der Waals surface area (Å²) in [5.41, 5.74) is 1.29. The Bertz CT molecular complexity index is 1040. The third-order valence-corrected chi connectivity index (χ3v) is 5.17. The van der Waals surface area contributed by atoms with Crippen LogP contribution in [0.25, 0.3) is 11.3 Å². The minimum absolute atomic E-state index is 0.167. The Labute approximate surface area is 178 Å². The van der Waals surface area contributed by atoms with Crippen LogP contribution in [0.3, 0.4) is 0 Å². The lowest BCUT2D eigenvalue weighted by Crippen LogP contribution is -2.32. The maximum atomic E-state index is 12.9. The molecule has 2 aromatic carbocycles. The molecular weight excluding hydrogens is 405 g/mol. The number of hydrogen-bond donors (Lipinski definition) is 1. The highest BCUT2D eigenvalue weighted by Crippen LogP contribution is 2.20. The van der Waals surface area contributed by atoms with Gasteiger partial charge >= 0.3 is 0 Å². The van der Waals surface area contributed by atoms with Crippen LogP contribution in [-0.2, 0) is 11.3 Å². The molecule has 156 valence electrons. The van der Waals surface area contributed by atoms with E-state index in [1.807, 2.05) is 31.2 Å². The molecule has 0 fully saturated rings. The summed E-state index contributed by atoms with van der Waals surface area (Å²) in [5, 5.41) is 7.16. The smallest absolute Gasteiger partial charge is 0.266 e. The van der Waals surface area contributed by atoms with Crippen LogP contribution in [0.5, 0.6) is 5.75 Å². The van der Waals surface area contributed by atoms with E-state index in [1.165, 1.54) is 34.6 Å². The summed E-state index contributed by atoms with van der Waals surface area (Å²) in [4.78, 5) is 24.9. The van der Waals surface area contributed by atoms with E-state index in [1.54, 1.807) is 18.2 Å². The highest BCUT2D eigenvalue weighted by molar-refractivity contribution is 8.00. The van der Waals surface area contributed by atoms with Gasteiger partial charge in [-0.3, -0.25) is 9.59 Å². The van der Waals surface area contributed by atoms with Crippen molar-refractivity contribution < 1.29 is 13.9 Å². The summed E-state index contributed by atoms with van der Waals surface area (Å²) >= 11 is 1.32. The zero-order valence-electron chi connectivity index (χ0n) is 16.5. The average molecular weight is 428 g/mol. The van der Waals surface area contributed by atoms with E-state index in [2.05, 4.69) is 10.4 Å². The number of nitrogens with one attached hydrogen (secondary N) is 1. The molecule has 1 amide bonds. The molecule has 3 rings (SSSR count). The Morgan fingerprint density at radius 2 is 1.83 bits per heavy atom. The SMILES string of the molecule is CCOc1ccc(-c2ccc(=O)n(CCNC(=O)CSc3ccc(F)cc3)n2)cc1. The van der Waals surface area contributed by atoms with E-state index >= 15 is 0 Å². The topological polar surface area (TPSA) is 73.2 Å². The van der Waals surface area contributed by atoms with E-state index < -0.39 is 0 Å². The summed E-state index contributed by atoms with van der Waals surface area (Å²) in [6.45, 7) is 3.06. The van der Waals surface area contributed by atoms with Crippen LogP contribution in [0.2, 0.25) is 0 Å². The van der Waals surface area contributed by atoms with Crippen molar-refractivity contribution >= 4 is 17.7 Å². The van der Waals surface area contributed by atoms with Crippen molar-refractivity contribution in [2.24, 2.45) is 0 Å². The monoisotopic (exact) mass is 427 g/mol. The molecule has 3 aromatic rings. The lowest BCUT2D eigenvalue weighted by Gasteiger charge is -2.09. The molecule has 30 heavy (non-hydrogen) atoms. The summed E-state index contributed by atoms with van der Waals surface area (Å²) < 4.78 is 19.7. The molecule has 0 saturated carbocycles. The largest absolute Gasteiger partial charge is 0.494 e. The third-order valence-electron chi connectivity index (χ3n) is 4.16. The summed E-state index contributed by atoms with van der Waals surface area (Å²) in [6.07, 6.45) is 0. The van der Waals surface area contributed by atoms with Gasteiger partial charge < -0.3 is 10.1 Å². The highest BCUT2D eigenvalue weighted by Gasteiger charge is 2.06. The molecule has 0 bridgehead atoms. The number of ether oxygens (including phenoxy) is 1. The molecular formula is C22H22FN3O3S. The quantitative estimate of drug-likeness (QED) is 0.530. The minimum Gasteiger partial charge on any atom is -0.494 e. The fourth-order valence-electron chi connectivity index (χ4n) is 2.68. The fraction of sp³-hybridized carbons (Fsp3) is 0.227. The van der Waals surface area contributed by atoms with E-state index in [0.29, 0.717) is 12.3 Å². The Kier molecular flexibility index (Phi) is 7.62. The maximum Gasteiger partial charge on any atom is 0.266 e. The number of thioether (sulfide) groups is 1. The second kappa shape index (κ2) is 10.6. The number of rotatable bonds is 9. The van der Waals surface area contributed by atoms with Gasteiger partial charge in [-0.1, -0.05) is 0 Å². The minimum atomic E-state index is -0.311. The van der Waals surface area contributed by atoms with Crippen LogP contribution in [0, 0.1) is 5.82 Å². The van der Waals surface area contributed by atoms with Gasteiger partial charge in [-0.25, -0.2) is 9.07 Å². The molecule has 1 heterocycles. The number of nitrogens with zero attached hydrogens (tertiary/aromatic N) is 2. The van der Waals surface area contributed by atoms with Gasteiger partial charge in [0.1, 0.15) is 11.6 Å². The molecule has 0 aliphatic carbocycles. The van der Waals surface area contributed by atoms with Crippen molar-refractivity contribution in [1.82, 2.24) is 15.1 Å². The molecule has 0 spiro atoms. The standard InChI is InChI=1S/C22H22FN3O3S/c1-2-29-18-7-3-16(4-8-18)20-11-12-22(28)26(25-20)14-13-24-21(27)15-30-19-9-5-17(23)6-10-19/h3-12H,2,13-15H2,1H3,(H,24,27). The van der Waals surface area contributed by atoms with Gasteiger partial charge in [-0.15, -0.1) is 11.8 Å². The Hall–Kier alpha value is -3.13. The van der Waals surface area contributed by atoms with E-state index in [4.69, 9.17) is 4.74 Å². The lowest BCUT2D eigenvalue weighted by molar-refractivity contribution is -0.118. The second-order valence-electron chi connectivity index (χ2n) is 6.33. The molecule has 0 atom stereocenters. The summed E-state index contributed by atoms with van der Waals surface area (Å²) in [7, 11) is 0. The lowest BCUT2D eigenvalue weighted by atomic mass is 10.1. The number of benzene rings is 2. The predicted molar refractivity (Wildman–Crippen MR) is 115 cm³/mol. The van der Waals surface area contributed by atoms with Gasteiger partial charge in [-0.2, -0.15) is 5.10 Å². The Balaban J connectivity index is 1.53. The van der Waals surface area contributed by atoms with Crippen molar-refractivity contribution in [2.45, 2.75) is 18.4 Å². The van der Waals surface area contributed by atoms with Crippen LogP contribution in [0.4, 0.5) is 4.39 Å². The average Bonchev–Trinajstić information content (AvgIpc) is 2.75. The van der Waals surface area contributed by atoms with Crippen molar-refractivity contribution in [3.63, 3.8) is 0 Å². The first-order chi connectivity index (χ1) is 14.5. The van der Waals surface area contributed by atoms with E-state index in [-0.39, 0.29) is 36.1 Å². The molecule has 8 heteroatoms. The van der Waals surface area contributed by atoms with Crippen molar-refractivity contribution in [3.05, 3.63) is 76.8 Å². The van der Waals surface area contributed by atoms with E-state index in [9.17, 15) is 14.0 Å². The van der Waals surface area contributed by atoms with Crippen LogP contribution in [-0.4, -0.2) is 34.6 Å². The van der Waals surface area contributed by atoms with Crippen LogP contribution < -0.4 is 15.6 Å². The zero-order valence-corrected chi connectivity index (χ0v) is 17.3.